The molecule has 0 aliphatic heterocycles. The molecule has 0 saturated carbocycles. The van der Waals surface area contributed by atoms with Crippen molar-refractivity contribution in [2.24, 2.45) is 0 Å². The molecule has 43 valence electrons. The van der Waals surface area contributed by atoms with Crippen molar-refractivity contribution < 1.29 is 0 Å². The second kappa shape index (κ2) is 6.22. The molecule has 0 nitrogen and oxygen atoms in total. The van der Waals surface area contributed by atoms with E-state index in [1.807, 2.05) is 12.2 Å². The summed E-state index contributed by atoms with van der Waals surface area (Å²) in [7, 11) is 0. The van der Waals surface area contributed by atoms with Crippen molar-refractivity contribution in [3.05, 3.63) is 37.0 Å². The molecule has 0 heterocycles. The zero-order valence-electron chi connectivity index (χ0n) is 5.22. The molecule has 0 aliphatic rings. The summed E-state index contributed by atoms with van der Waals surface area (Å²) in [6.07, 6.45) is 11.4. The van der Waals surface area contributed by atoms with E-state index < -0.39 is 0 Å². The largest absolute Gasteiger partial charge is 0.0984 e. The highest BCUT2D eigenvalue weighted by molar-refractivity contribution is 5.03. The minimum atomic E-state index is 1.08. The first kappa shape index (κ1) is 7.22. The summed E-state index contributed by atoms with van der Waals surface area (Å²) in [6, 6.07) is 0. The molecule has 0 amide bonds. The van der Waals surface area contributed by atoms with Gasteiger partial charge in [-0.05, 0) is 12.5 Å². The molecule has 0 aliphatic carbocycles. The molecular weight excluding hydrogens is 96.1 g/mol. The Morgan fingerprint density at radius 1 is 1.62 bits per heavy atom. The van der Waals surface area contributed by atoms with E-state index in [0.29, 0.717) is 0 Å². The molecule has 0 fully saturated rings. The average molecular weight is 107 g/mol. The molecule has 0 heteroatoms. The quantitative estimate of drug-likeness (QED) is 0.486. The number of hydrogen-bond donors (Lipinski definition) is 0. The van der Waals surface area contributed by atoms with Crippen molar-refractivity contribution in [3.8, 4) is 0 Å². The Morgan fingerprint density at radius 2 is 2.38 bits per heavy atom. The van der Waals surface area contributed by atoms with Gasteiger partial charge in [-0.15, -0.1) is 0 Å². The molecular formula is C8H11. The molecule has 0 saturated heterocycles. The fourth-order valence-corrected chi connectivity index (χ4v) is 0.328. The lowest BCUT2D eigenvalue weighted by molar-refractivity contribution is 1.22. The standard InChI is InChI=1S/C8H11/c1-3-5-7-8-6-4-2/h3,6-8H,1,4H2,2H3/b7-5?,8-6+. The van der Waals surface area contributed by atoms with Gasteiger partial charge in [-0.3, -0.25) is 0 Å². The Bertz CT molecular complexity index is 96.6. The molecule has 0 spiro atoms. The van der Waals surface area contributed by atoms with Gasteiger partial charge in [-0.2, -0.15) is 0 Å². The van der Waals surface area contributed by atoms with Crippen molar-refractivity contribution in [1.82, 2.24) is 0 Å². The van der Waals surface area contributed by atoms with E-state index in [9.17, 15) is 0 Å². The summed E-state index contributed by atoms with van der Waals surface area (Å²) in [5.74, 6) is 0. The van der Waals surface area contributed by atoms with Gasteiger partial charge in [-0.25, -0.2) is 0 Å². The maximum Gasteiger partial charge on any atom is -0.0190 e. The van der Waals surface area contributed by atoms with Crippen molar-refractivity contribution in [2.75, 3.05) is 0 Å². The highest BCUT2D eigenvalue weighted by atomic mass is 13.7. The average Bonchev–Trinajstić information content (AvgIpc) is 1.81. The zero-order chi connectivity index (χ0) is 6.24. The van der Waals surface area contributed by atoms with Crippen molar-refractivity contribution in [2.45, 2.75) is 13.3 Å². The Hall–Kier alpha value is -0.780. The minimum Gasteiger partial charge on any atom is -0.0984 e. The van der Waals surface area contributed by atoms with Gasteiger partial charge >= 0.3 is 0 Å². The van der Waals surface area contributed by atoms with Crippen LogP contribution in [0.15, 0.2) is 30.9 Å². The smallest absolute Gasteiger partial charge is 0.0190 e. The third kappa shape index (κ3) is 5.22. The molecule has 0 unspecified atom stereocenters. The molecule has 0 atom stereocenters. The van der Waals surface area contributed by atoms with E-state index in [1.54, 1.807) is 6.08 Å². The van der Waals surface area contributed by atoms with Crippen molar-refractivity contribution >= 4 is 0 Å². The fourth-order valence-electron chi connectivity index (χ4n) is 0.328. The lowest BCUT2D eigenvalue weighted by Crippen LogP contribution is -1.50. The molecule has 0 rings (SSSR count). The SMILES string of the molecule is C=C/[C]=C/C=C/CC. The Labute approximate surface area is 51.2 Å². The van der Waals surface area contributed by atoms with Crippen LogP contribution in [0.1, 0.15) is 13.3 Å². The Balaban J connectivity index is 3.26. The maximum atomic E-state index is 3.48. The lowest BCUT2D eigenvalue weighted by atomic mass is 10.4. The van der Waals surface area contributed by atoms with Gasteiger partial charge in [0, 0.05) is 0 Å². The van der Waals surface area contributed by atoms with Crippen LogP contribution in [0.5, 0.6) is 0 Å². The van der Waals surface area contributed by atoms with Crippen LogP contribution in [0.4, 0.5) is 0 Å². The highest BCUT2D eigenvalue weighted by Crippen LogP contribution is 1.80. The van der Waals surface area contributed by atoms with Crippen LogP contribution in [0.25, 0.3) is 0 Å². The van der Waals surface area contributed by atoms with E-state index >= 15 is 0 Å². The third-order valence-corrected chi connectivity index (χ3v) is 0.682. The van der Waals surface area contributed by atoms with Gasteiger partial charge in [0.15, 0.2) is 0 Å². The van der Waals surface area contributed by atoms with Crippen LogP contribution in [-0.4, -0.2) is 0 Å². The fraction of sp³-hybridized carbons (Fsp3) is 0.250. The van der Waals surface area contributed by atoms with Crippen LogP contribution in [0.2, 0.25) is 0 Å². The summed E-state index contributed by atoms with van der Waals surface area (Å²) in [5, 5.41) is 0. The first-order valence-electron chi connectivity index (χ1n) is 2.77. The molecule has 0 N–H and O–H groups in total. The number of hydrogen-bond acceptors (Lipinski definition) is 0. The third-order valence-electron chi connectivity index (χ3n) is 0.682. The van der Waals surface area contributed by atoms with Crippen LogP contribution in [0, 0.1) is 6.08 Å². The topological polar surface area (TPSA) is 0 Å². The molecule has 8 heavy (non-hydrogen) atoms. The minimum absolute atomic E-state index is 1.08. The first-order valence-corrected chi connectivity index (χ1v) is 2.77. The molecule has 0 aromatic carbocycles. The van der Waals surface area contributed by atoms with Crippen molar-refractivity contribution in [1.29, 1.82) is 0 Å². The van der Waals surface area contributed by atoms with Crippen LogP contribution in [0.3, 0.4) is 0 Å². The van der Waals surface area contributed by atoms with E-state index in [4.69, 9.17) is 0 Å². The van der Waals surface area contributed by atoms with Gasteiger partial charge in [0.05, 0.1) is 0 Å². The monoisotopic (exact) mass is 107 g/mol. The van der Waals surface area contributed by atoms with Crippen LogP contribution in [-0.2, 0) is 0 Å². The van der Waals surface area contributed by atoms with Gasteiger partial charge in [0.1, 0.15) is 0 Å². The lowest BCUT2D eigenvalue weighted by Gasteiger charge is -1.70. The maximum absolute atomic E-state index is 3.48. The van der Waals surface area contributed by atoms with E-state index in [1.165, 1.54) is 0 Å². The van der Waals surface area contributed by atoms with Crippen LogP contribution >= 0.6 is 0 Å². The first-order chi connectivity index (χ1) is 3.91. The van der Waals surface area contributed by atoms with Crippen LogP contribution < -0.4 is 0 Å². The zero-order valence-corrected chi connectivity index (χ0v) is 5.22. The summed E-state index contributed by atoms with van der Waals surface area (Å²) in [6.45, 7) is 5.58. The summed E-state index contributed by atoms with van der Waals surface area (Å²) in [4.78, 5) is 0. The van der Waals surface area contributed by atoms with Gasteiger partial charge < -0.3 is 0 Å². The van der Waals surface area contributed by atoms with Crippen molar-refractivity contribution in [3.63, 3.8) is 0 Å². The predicted molar refractivity (Wildman–Crippen MR) is 37.4 cm³/mol. The Morgan fingerprint density at radius 3 is 2.88 bits per heavy atom. The highest BCUT2D eigenvalue weighted by Gasteiger charge is 1.59. The summed E-state index contributed by atoms with van der Waals surface area (Å²) < 4.78 is 0. The van der Waals surface area contributed by atoms with Gasteiger partial charge in [-0.1, -0.05) is 37.8 Å². The second-order valence-corrected chi connectivity index (χ2v) is 1.37. The number of rotatable bonds is 3. The van der Waals surface area contributed by atoms with Gasteiger partial charge in [0.2, 0.25) is 0 Å². The Kier molecular flexibility index (Phi) is 5.61. The molecule has 0 aromatic heterocycles. The van der Waals surface area contributed by atoms with E-state index in [-0.39, 0.29) is 0 Å². The molecule has 0 aromatic rings. The summed E-state index contributed by atoms with van der Waals surface area (Å²) >= 11 is 0. The normalized spacial score (nSPS) is 11.1. The predicted octanol–water partition coefficient (Wildman–Crippen LogP) is 2.50. The van der Waals surface area contributed by atoms with E-state index in [2.05, 4.69) is 25.7 Å². The molecule has 0 bridgehead atoms. The summed E-state index contributed by atoms with van der Waals surface area (Å²) in [5.41, 5.74) is 0. The van der Waals surface area contributed by atoms with E-state index in [0.717, 1.165) is 6.42 Å². The molecule has 1 radical (unpaired) electrons. The van der Waals surface area contributed by atoms with Gasteiger partial charge in [0.25, 0.3) is 0 Å². The number of allylic oxidation sites excluding steroid dienone is 5. The second-order valence-electron chi connectivity index (χ2n) is 1.37.